The molecule has 0 aromatic heterocycles. The van der Waals surface area contributed by atoms with Gasteiger partial charge in [-0.25, -0.2) is 0 Å². The van der Waals surface area contributed by atoms with E-state index in [1.54, 1.807) is 0 Å². The normalized spacial score (nSPS) is 10.9. The van der Waals surface area contributed by atoms with Crippen LogP contribution in [0.15, 0.2) is 0 Å². The van der Waals surface area contributed by atoms with Gasteiger partial charge in [-0.1, -0.05) is 20.8 Å². The Morgan fingerprint density at radius 2 is 2.06 bits per heavy atom. The topological polar surface area (TPSA) is 55.6 Å². The average molecular weight is 244 g/mol. The van der Waals surface area contributed by atoms with Crippen LogP contribution in [-0.2, 0) is 9.53 Å². The molecule has 0 saturated heterocycles. The van der Waals surface area contributed by atoms with Gasteiger partial charge in [0.1, 0.15) is 0 Å². The summed E-state index contributed by atoms with van der Waals surface area (Å²) in [5, 5.41) is 0. The third kappa shape index (κ3) is 9.12. The van der Waals surface area contributed by atoms with Gasteiger partial charge >= 0.3 is 0 Å². The Hall–Kier alpha value is -0.610. The molecule has 0 aromatic carbocycles. The second kappa shape index (κ2) is 10.5. The lowest BCUT2D eigenvalue weighted by atomic mass is 10.2. The van der Waals surface area contributed by atoms with E-state index in [2.05, 4.69) is 20.8 Å². The van der Waals surface area contributed by atoms with E-state index in [1.807, 2.05) is 4.90 Å². The van der Waals surface area contributed by atoms with Gasteiger partial charge in [0.2, 0.25) is 5.91 Å². The van der Waals surface area contributed by atoms with Crippen LogP contribution in [0.25, 0.3) is 0 Å². The van der Waals surface area contributed by atoms with Gasteiger partial charge in [-0.3, -0.25) is 4.79 Å². The van der Waals surface area contributed by atoms with Crippen LogP contribution in [0.4, 0.5) is 0 Å². The second-order valence-electron chi connectivity index (χ2n) is 4.74. The summed E-state index contributed by atoms with van der Waals surface area (Å²) in [6.45, 7) is 9.78. The Kier molecular flexibility index (Phi) is 10.2. The maximum atomic E-state index is 12.0. The van der Waals surface area contributed by atoms with Crippen molar-refractivity contribution in [2.45, 2.75) is 40.0 Å². The number of rotatable bonds is 10. The molecule has 0 aliphatic heterocycles. The largest absolute Gasteiger partial charge is 0.381 e. The van der Waals surface area contributed by atoms with E-state index in [4.69, 9.17) is 10.5 Å². The van der Waals surface area contributed by atoms with Crippen LogP contribution in [0.5, 0.6) is 0 Å². The van der Waals surface area contributed by atoms with Crippen LogP contribution in [0, 0.1) is 5.92 Å². The van der Waals surface area contributed by atoms with Crippen molar-refractivity contribution in [3.8, 4) is 0 Å². The second-order valence-corrected chi connectivity index (χ2v) is 4.74. The zero-order valence-corrected chi connectivity index (χ0v) is 11.6. The molecule has 0 heterocycles. The molecule has 0 spiro atoms. The first-order chi connectivity index (χ1) is 8.11. The molecular formula is C13H28N2O2. The van der Waals surface area contributed by atoms with E-state index in [1.165, 1.54) is 0 Å². The molecular weight excluding hydrogens is 216 g/mol. The first-order valence-corrected chi connectivity index (χ1v) is 6.67. The third-order valence-corrected chi connectivity index (χ3v) is 2.38. The minimum atomic E-state index is 0.184. The molecule has 0 atom stereocenters. The van der Waals surface area contributed by atoms with Crippen molar-refractivity contribution in [3.05, 3.63) is 0 Å². The standard InChI is InChI=1S/C13H28N2O2/c1-4-9-17-10-6-13(16)15(8-5-7-14)11-12(2)3/h12H,4-11,14H2,1-3H3. The number of carbonyl (C=O) groups is 1. The maximum Gasteiger partial charge on any atom is 0.224 e. The zero-order valence-electron chi connectivity index (χ0n) is 11.6. The van der Waals surface area contributed by atoms with Crippen LogP contribution >= 0.6 is 0 Å². The van der Waals surface area contributed by atoms with Crippen LogP contribution in [0.2, 0.25) is 0 Å². The smallest absolute Gasteiger partial charge is 0.224 e. The minimum absolute atomic E-state index is 0.184. The van der Waals surface area contributed by atoms with E-state index in [9.17, 15) is 4.79 Å². The maximum absolute atomic E-state index is 12.0. The molecule has 0 radical (unpaired) electrons. The highest BCUT2D eigenvalue weighted by Crippen LogP contribution is 2.03. The van der Waals surface area contributed by atoms with Gasteiger partial charge in [-0.05, 0) is 25.3 Å². The highest BCUT2D eigenvalue weighted by Gasteiger charge is 2.13. The highest BCUT2D eigenvalue weighted by atomic mass is 16.5. The summed E-state index contributed by atoms with van der Waals surface area (Å²) in [5.74, 6) is 0.677. The monoisotopic (exact) mass is 244 g/mol. The van der Waals surface area contributed by atoms with E-state index in [-0.39, 0.29) is 5.91 Å². The Labute approximate surface area is 105 Å². The van der Waals surface area contributed by atoms with Crippen LogP contribution in [-0.4, -0.2) is 43.7 Å². The Balaban J connectivity index is 3.94. The molecule has 4 nitrogen and oxygen atoms in total. The number of carbonyl (C=O) groups excluding carboxylic acids is 1. The van der Waals surface area contributed by atoms with Crippen LogP contribution in [0.3, 0.4) is 0 Å². The van der Waals surface area contributed by atoms with Crippen molar-refractivity contribution < 1.29 is 9.53 Å². The first-order valence-electron chi connectivity index (χ1n) is 6.67. The zero-order chi connectivity index (χ0) is 13.1. The Bertz CT molecular complexity index is 196. The highest BCUT2D eigenvalue weighted by molar-refractivity contribution is 5.76. The fourth-order valence-corrected chi connectivity index (χ4v) is 1.60. The molecule has 0 bridgehead atoms. The lowest BCUT2D eigenvalue weighted by molar-refractivity contribution is -0.132. The van der Waals surface area contributed by atoms with Crippen LogP contribution < -0.4 is 5.73 Å². The van der Waals surface area contributed by atoms with Gasteiger partial charge in [0, 0.05) is 19.7 Å². The summed E-state index contributed by atoms with van der Waals surface area (Å²) in [4.78, 5) is 13.9. The molecule has 17 heavy (non-hydrogen) atoms. The van der Waals surface area contributed by atoms with Crippen molar-refractivity contribution >= 4 is 5.91 Å². The number of amides is 1. The first kappa shape index (κ1) is 16.4. The molecule has 0 aliphatic carbocycles. The summed E-state index contributed by atoms with van der Waals surface area (Å²) < 4.78 is 5.34. The molecule has 1 amide bonds. The summed E-state index contributed by atoms with van der Waals surface area (Å²) >= 11 is 0. The molecule has 4 heteroatoms. The van der Waals surface area contributed by atoms with Gasteiger partial charge < -0.3 is 15.4 Å². The minimum Gasteiger partial charge on any atom is -0.381 e. The quantitative estimate of drug-likeness (QED) is 0.594. The number of nitrogens with two attached hydrogens (primary N) is 1. The fourth-order valence-electron chi connectivity index (χ4n) is 1.60. The van der Waals surface area contributed by atoms with Gasteiger partial charge in [0.15, 0.2) is 0 Å². The van der Waals surface area contributed by atoms with E-state index >= 15 is 0 Å². The van der Waals surface area contributed by atoms with E-state index < -0.39 is 0 Å². The summed E-state index contributed by atoms with van der Waals surface area (Å²) in [5.41, 5.74) is 5.48. The van der Waals surface area contributed by atoms with Gasteiger partial charge in [0.05, 0.1) is 13.0 Å². The number of hydrogen-bond acceptors (Lipinski definition) is 3. The van der Waals surface area contributed by atoms with E-state index in [0.29, 0.717) is 25.5 Å². The van der Waals surface area contributed by atoms with Crippen molar-refractivity contribution in [2.75, 3.05) is 32.8 Å². The predicted octanol–water partition coefficient (Wildman–Crippen LogP) is 1.64. The number of nitrogens with zero attached hydrogens (tertiary/aromatic N) is 1. The fraction of sp³-hybridized carbons (Fsp3) is 0.923. The summed E-state index contributed by atoms with van der Waals surface area (Å²) in [7, 11) is 0. The Morgan fingerprint density at radius 1 is 1.35 bits per heavy atom. The predicted molar refractivity (Wildman–Crippen MR) is 70.8 cm³/mol. The van der Waals surface area contributed by atoms with Crippen molar-refractivity contribution in [3.63, 3.8) is 0 Å². The number of hydrogen-bond donors (Lipinski definition) is 1. The molecule has 0 aliphatic rings. The molecule has 0 rings (SSSR count). The van der Waals surface area contributed by atoms with Gasteiger partial charge in [-0.15, -0.1) is 0 Å². The van der Waals surface area contributed by atoms with Gasteiger partial charge in [0.25, 0.3) is 0 Å². The van der Waals surface area contributed by atoms with Gasteiger partial charge in [-0.2, -0.15) is 0 Å². The third-order valence-electron chi connectivity index (χ3n) is 2.38. The Morgan fingerprint density at radius 3 is 2.59 bits per heavy atom. The molecule has 0 fully saturated rings. The SMILES string of the molecule is CCCOCCC(=O)N(CCCN)CC(C)C. The van der Waals surface area contributed by atoms with Crippen molar-refractivity contribution in [2.24, 2.45) is 11.7 Å². The van der Waals surface area contributed by atoms with Crippen molar-refractivity contribution in [1.82, 2.24) is 4.90 Å². The molecule has 2 N–H and O–H groups in total. The summed E-state index contributed by atoms with van der Waals surface area (Å²) in [6, 6.07) is 0. The lowest BCUT2D eigenvalue weighted by Crippen LogP contribution is -2.36. The molecule has 0 aromatic rings. The molecule has 102 valence electrons. The van der Waals surface area contributed by atoms with Crippen molar-refractivity contribution in [1.29, 1.82) is 0 Å². The molecule has 0 saturated carbocycles. The van der Waals surface area contributed by atoms with E-state index in [0.717, 1.165) is 32.5 Å². The summed E-state index contributed by atoms with van der Waals surface area (Å²) in [6.07, 6.45) is 2.35. The average Bonchev–Trinajstić information content (AvgIpc) is 2.29. The lowest BCUT2D eigenvalue weighted by Gasteiger charge is -2.24. The molecule has 0 unspecified atom stereocenters. The number of ether oxygens (including phenoxy) is 1. The van der Waals surface area contributed by atoms with Crippen LogP contribution in [0.1, 0.15) is 40.0 Å².